The number of carbonyl (C=O) groups excluding carboxylic acids is 1. The van der Waals surface area contributed by atoms with Gasteiger partial charge in [0.25, 0.3) is 5.91 Å². The SMILES string of the molecule is COc1ccc(C(=O)NCC2(O)CCCCCC2)cn1. The van der Waals surface area contributed by atoms with E-state index in [4.69, 9.17) is 4.74 Å². The van der Waals surface area contributed by atoms with Crippen LogP contribution < -0.4 is 10.1 Å². The molecule has 0 unspecified atom stereocenters. The van der Waals surface area contributed by atoms with Gasteiger partial charge in [0.15, 0.2) is 0 Å². The lowest BCUT2D eigenvalue weighted by Gasteiger charge is -2.26. The standard InChI is InChI=1S/C15H22N2O3/c1-20-13-7-6-12(10-16-13)14(18)17-11-15(19)8-4-2-3-5-9-15/h6-7,10,19H,2-5,8-9,11H2,1H3,(H,17,18). The molecule has 1 amide bonds. The van der Waals surface area contributed by atoms with Crippen LogP contribution in [0.3, 0.4) is 0 Å². The number of aliphatic hydroxyl groups is 1. The van der Waals surface area contributed by atoms with Crippen molar-refractivity contribution in [2.75, 3.05) is 13.7 Å². The Kier molecular flexibility index (Phi) is 4.95. The monoisotopic (exact) mass is 278 g/mol. The van der Waals surface area contributed by atoms with Crippen LogP contribution in [0.4, 0.5) is 0 Å². The molecule has 1 aromatic heterocycles. The van der Waals surface area contributed by atoms with Gasteiger partial charge in [-0.3, -0.25) is 4.79 Å². The molecule has 0 atom stereocenters. The zero-order chi connectivity index (χ0) is 14.4. The predicted molar refractivity (Wildman–Crippen MR) is 75.8 cm³/mol. The molecule has 0 bridgehead atoms. The van der Waals surface area contributed by atoms with E-state index in [9.17, 15) is 9.90 Å². The topological polar surface area (TPSA) is 71.5 Å². The van der Waals surface area contributed by atoms with Gasteiger partial charge in [0, 0.05) is 18.8 Å². The molecule has 5 nitrogen and oxygen atoms in total. The van der Waals surface area contributed by atoms with Crippen molar-refractivity contribution in [3.05, 3.63) is 23.9 Å². The van der Waals surface area contributed by atoms with Crippen molar-refractivity contribution < 1.29 is 14.6 Å². The fourth-order valence-corrected chi connectivity index (χ4v) is 2.55. The highest BCUT2D eigenvalue weighted by atomic mass is 16.5. The average molecular weight is 278 g/mol. The van der Waals surface area contributed by atoms with Crippen LogP contribution in [0, 0.1) is 0 Å². The van der Waals surface area contributed by atoms with Crippen LogP contribution in [0.25, 0.3) is 0 Å². The summed E-state index contributed by atoms with van der Waals surface area (Å²) in [5, 5.41) is 13.3. The molecule has 20 heavy (non-hydrogen) atoms. The molecule has 1 aromatic rings. The van der Waals surface area contributed by atoms with Crippen molar-refractivity contribution in [1.29, 1.82) is 0 Å². The van der Waals surface area contributed by atoms with Gasteiger partial charge < -0.3 is 15.2 Å². The second kappa shape index (κ2) is 6.70. The quantitative estimate of drug-likeness (QED) is 0.825. The van der Waals surface area contributed by atoms with Gasteiger partial charge in [-0.25, -0.2) is 4.98 Å². The molecule has 1 aliphatic carbocycles. The van der Waals surface area contributed by atoms with Gasteiger partial charge in [-0.1, -0.05) is 25.7 Å². The number of rotatable bonds is 4. The summed E-state index contributed by atoms with van der Waals surface area (Å²) < 4.78 is 4.95. The summed E-state index contributed by atoms with van der Waals surface area (Å²) >= 11 is 0. The van der Waals surface area contributed by atoms with Crippen LogP contribution >= 0.6 is 0 Å². The predicted octanol–water partition coefficient (Wildman–Crippen LogP) is 1.91. The van der Waals surface area contributed by atoms with Crippen LogP contribution in [-0.2, 0) is 0 Å². The van der Waals surface area contributed by atoms with Crippen LogP contribution in [0.1, 0.15) is 48.9 Å². The summed E-state index contributed by atoms with van der Waals surface area (Å²) in [7, 11) is 1.53. The number of amides is 1. The molecule has 0 aliphatic heterocycles. The van der Waals surface area contributed by atoms with Crippen molar-refractivity contribution in [2.24, 2.45) is 0 Å². The van der Waals surface area contributed by atoms with E-state index in [0.717, 1.165) is 25.7 Å². The lowest BCUT2D eigenvalue weighted by atomic mass is 9.94. The normalized spacial score (nSPS) is 18.1. The van der Waals surface area contributed by atoms with Gasteiger partial charge >= 0.3 is 0 Å². The fraction of sp³-hybridized carbons (Fsp3) is 0.600. The second-order valence-corrected chi connectivity index (χ2v) is 5.41. The molecule has 1 heterocycles. The van der Waals surface area contributed by atoms with E-state index < -0.39 is 5.60 Å². The summed E-state index contributed by atoms with van der Waals surface area (Å²) in [6, 6.07) is 3.31. The maximum atomic E-state index is 12.0. The van der Waals surface area contributed by atoms with Crippen molar-refractivity contribution >= 4 is 5.91 Å². The van der Waals surface area contributed by atoms with Crippen molar-refractivity contribution in [3.8, 4) is 5.88 Å². The third kappa shape index (κ3) is 3.93. The molecule has 0 radical (unpaired) electrons. The van der Waals surface area contributed by atoms with Crippen molar-refractivity contribution in [2.45, 2.75) is 44.1 Å². The summed E-state index contributed by atoms with van der Waals surface area (Å²) in [5.41, 5.74) is -0.283. The van der Waals surface area contributed by atoms with E-state index in [0.29, 0.717) is 18.0 Å². The number of pyridine rings is 1. The van der Waals surface area contributed by atoms with Crippen LogP contribution in [0.15, 0.2) is 18.3 Å². The average Bonchev–Trinajstić information content (AvgIpc) is 2.70. The van der Waals surface area contributed by atoms with Gasteiger partial charge in [0.1, 0.15) is 0 Å². The van der Waals surface area contributed by atoms with Crippen LogP contribution in [-0.4, -0.2) is 35.3 Å². The van der Waals surface area contributed by atoms with E-state index in [1.54, 1.807) is 12.1 Å². The molecule has 110 valence electrons. The zero-order valence-corrected chi connectivity index (χ0v) is 11.9. The largest absolute Gasteiger partial charge is 0.481 e. The van der Waals surface area contributed by atoms with E-state index in [1.807, 2.05) is 0 Å². The molecule has 2 rings (SSSR count). The third-order valence-electron chi connectivity index (χ3n) is 3.82. The lowest BCUT2D eigenvalue weighted by molar-refractivity contribution is 0.0246. The third-order valence-corrected chi connectivity index (χ3v) is 3.82. The fourth-order valence-electron chi connectivity index (χ4n) is 2.55. The second-order valence-electron chi connectivity index (χ2n) is 5.41. The van der Waals surface area contributed by atoms with E-state index in [1.165, 1.54) is 26.1 Å². The number of carbonyl (C=O) groups is 1. The minimum Gasteiger partial charge on any atom is -0.481 e. The van der Waals surface area contributed by atoms with Crippen LogP contribution in [0.2, 0.25) is 0 Å². The first-order chi connectivity index (χ1) is 9.63. The molecule has 0 aromatic carbocycles. The van der Waals surface area contributed by atoms with Gasteiger partial charge in [-0.15, -0.1) is 0 Å². The van der Waals surface area contributed by atoms with Crippen molar-refractivity contribution in [3.63, 3.8) is 0 Å². The Morgan fingerprint density at radius 2 is 2.05 bits per heavy atom. The Hall–Kier alpha value is -1.62. The van der Waals surface area contributed by atoms with Crippen molar-refractivity contribution in [1.82, 2.24) is 10.3 Å². The van der Waals surface area contributed by atoms with E-state index in [-0.39, 0.29) is 5.91 Å². The Bertz CT molecular complexity index is 437. The van der Waals surface area contributed by atoms with E-state index >= 15 is 0 Å². The van der Waals surface area contributed by atoms with Gasteiger partial charge in [-0.2, -0.15) is 0 Å². The molecule has 0 spiro atoms. The number of hydrogen-bond acceptors (Lipinski definition) is 4. The maximum Gasteiger partial charge on any atom is 0.252 e. The summed E-state index contributed by atoms with van der Waals surface area (Å²) in [4.78, 5) is 16.0. The molecule has 0 saturated heterocycles. The lowest BCUT2D eigenvalue weighted by Crippen LogP contribution is -2.42. The Morgan fingerprint density at radius 3 is 2.60 bits per heavy atom. The Morgan fingerprint density at radius 1 is 1.35 bits per heavy atom. The minimum atomic E-state index is -0.758. The first-order valence-electron chi connectivity index (χ1n) is 7.14. The number of nitrogens with one attached hydrogen (secondary N) is 1. The highest BCUT2D eigenvalue weighted by Crippen LogP contribution is 2.26. The minimum absolute atomic E-state index is 0.210. The number of aromatic nitrogens is 1. The Labute approximate surface area is 119 Å². The molecule has 1 saturated carbocycles. The summed E-state index contributed by atoms with van der Waals surface area (Å²) in [6.07, 6.45) is 7.37. The summed E-state index contributed by atoms with van der Waals surface area (Å²) in [6.45, 7) is 0.303. The van der Waals surface area contributed by atoms with E-state index in [2.05, 4.69) is 10.3 Å². The number of hydrogen-bond donors (Lipinski definition) is 2. The number of methoxy groups -OCH3 is 1. The van der Waals surface area contributed by atoms with Gasteiger partial charge in [0.05, 0.1) is 18.3 Å². The molecular weight excluding hydrogens is 256 g/mol. The van der Waals surface area contributed by atoms with Gasteiger partial charge in [0.2, 0.25) is 5.88 Å². The smallest absolute Gasteiger partial charge is 0.252 e. The molecule has 1 fully saturated rings. The first-order valence-corrected chi connectivity index (χ1v) is 7.14. The number of ether oxygens (including phenoxy) is 1. The maximum absolute atomic E-state index is 12.0. The Balaban J connectivity index is 1.90. The first kappa shape index (κ1) is 14.8. The summed E-state index contributed by atoms with van der Waals surface area (Å²) in [5.74, 6) is 0.266. The van der Waals surface area contributed by atoms with Crippen LogP contribution in [0.5, 0.6) is 5.88 Å². The number of nitrogens with zero attached hydrogens (tertiary/aromatic N) is 1. The highest BCUT2D eigenvalue weighted by molar-refractivity contribution is 5.93. The zero-order valence-electron chi connectivity index (χ0n) is 11.9. The molecule has 2 N–H and O–H groups in total. The van der Waals surface area contributed by atoms with Gasteiger partial charge in [-0.05, 0) is 18.9 Å². The molecule has 5 heteroatoms. The molecule has 1 aliphatic rings. The highest BCUT2D eigenvalue weighted by Gasteiger charge is 2.28. The molecular formula is C15H22N2O3.